The number of aliphatic hydroxyl groups is 1. The average molecular weight is 181 g/mol. The minimum atomic E-state index is 0.145. The van der Waals surface area contributed by atoms with Gasteiger partial charge in [-0.25, -0.2) is 4.98 Å². The number of imidazole rings is 1. The van der Waals surface area contributed by atoms with E-state index in [2.05, 4.69) is 10.3 Å². The lowest BCUT2D eigenvalue weighted by atomic mass is 10.1. The summed E-state index contributed by atoms with van der Waals surface area (Å²) in [5.41, 5.74) is 0.145. The summed E-state index contributed by atoms with van der Waals surface area (Å²) >= 11 is 0. The van der Waals surface area contributed by atoms with Crippen molar-refractivity contribution < 1.29 is 5.11 Å². The van der Waals surface area contributed by atoms with Crippen molar-refractivity contribution in [1.82, 2.24) is 9.55 Å². The SMILES string of the molecule is Cn1ccnc1NCC1(CO)CC1. The molecule has 0 aromatic carbocycles. The van der Waals surface area contributed by atoms with Crippen LogP contribution in [0.2, 0.25) is 0 Å². The lowest BCUT2D eigenvalue weighted by Crippen LogP contribution is -2.20. The molecular formula is C9H15N3O. The van der Waals surface area contributed by atoms with Crippen LogP contribution in [0, 0.1) is 5.41 Å². The highest BCUT2D eigenvalue weighted by Crippen LogP contribution is 2.44. The van der Waals surface area contributed by atoms with E-state index < -0.39 is 0 Å². The van der Waals surface area contributed by atoms with Crippen LogP contribution >= 0.6 is 0 Å². The van der Waals surface area contributed by atoms with Crippen LogP contribution in [0.1, 0.15) is 12.8 Å². The monoisotopic (exact) mass is 181 g/mol. The Morgan fingerprint density at radius 2 is 2.46 bits per heavy atom. The normalized spacial score (nSPS) is 18.6. The van der Waals surface area contributed by atoms with E-state index in [0.29, 0.717) is 0 Å². The molecule has 4 heteroatoms. The summed E-state index contributed by atoms with van der Waals surface area (Å²) in [5, 5.41) is 12.3. The van der Waals surface area contributed by atoms with Crippen LogP contribution in [0.15, 0.2) is 12.4 Å². The molecule has 0 bridgehead atoms. The van der Waals surface area contributed by atoms with E-state index in [1.807, 2.05) is 17.8 Å². The van der Waals surface area contributed by atoms with Gasteiger partial charge in [-0.2, -0.15) is 0 Å². The Bertz CT molecular complexity index is 291. The average Bonchev–Trinajstić information content (AvgIpc) is 2.82. The minimum Gasteiger partial charge on any atom is -0.396 e. The third kappa shape index (κ3) is 1.67. The van der Waals surface area contributed by atoms with Gasteiger partial charge < -0.3 is 15.0 Å². The van der Waals surface area contributed by atoms with Gasteiger partial charge in [-0.1, -0.05) is 0 Å². The van der Waals surface area contributed by atoms with Crippen LogP contribution in [0.4, 0.5) is 5.95 Å². The fourth-order valence-corrected chi connectivity index (χ4v) is 1.37. The van der Waals surface area contributed by atoms with Gasteiger partial charge in [-0.05, 0) is 12.8 Å². The molecule has 2 N–H and O–H groups in total. The molecule has 0 saturated heterocycles. The van der Waals surface area contributed by atoms with E-state index in [0.717, 1.165) is 25.3 Å². The highest BCUT2D eigenvalue weighted by Gasteiger charge is 2.41. The maximum absolute atomic E-state index is 9.09. The second-order valence-corrected chi connectivity index (χ2v) is 3.87. The summed E-state index contributed by atoms with van der Waals surface area (Å²) in [6, 6.07) is 0. The summed E-state index contributed by atoms with van der Waals surface area (Å²) in [6.45, 7) is 1.11. The number of aliphatic hydroxyl groups excluding tert-OH is 1. The van der Waals surface area contributed by atoms with Crippen molar-refractivity contribution in [2.24, 2.45) is 12.5 Å². The Morgan fingerprint density at radius 1 is 1.69 bits per heavy atom. The predicted molar refractivity (Wildman–Crippen MR) is 50.5 cm³/mol. The number of rotatable bonds is 4. The fraction of sp³-hybridized carbons (Fsp3) is 0.667. The molecule has 1 aliphatic rings. The van der Waals surface area contributed by atoms with Gasteiger partial charge in [0, 0.05) is 31.4 Å². The van der Waals surface area contributed by atoms with Crippen molar-refractivity contribution in [1.29, 1.82) is 0 Å². The third-order valence-electron chi connectivity index (χ3n) is 2.74. The standard InChI is InChI=1S/C9H15N3O/c1-12-5-4-10-8(12)11-6-9(7-13)2-3-9/h4-5,13H,2-3,6-7H2,1H3,(H,10,11). The Labute approximate surface area is 77.6 Å². The number of aryl methyl sites for hydroxylation is 1. The first-order valence-corrected chi connectivity index (χ1v) is 4.58. The van der Waals surface area contributed by atoms with Crippen LogP contribution in [0.3, 0.4) is 0 Å². The summed E-state index contributed by atoms with van der Waals surface area (Å²) in [4.78, 5) is 4.15. The molecule has 0 unspecified atom stereocenters. The molecular weight excluding hydrogens is 166 g/mol. The zero-order chi connectivity index (χ0) is 9.31. The van der Waals surface area contributed by atoms with Gasteiger partial charge in [-0.15, -0.1) is 0 Å². The molecule has 72 valence electrons. The number of anilines is 1. The van der Waals surface area contributed by atoms with Gasteiger partial charge in [0.1, 0.15) is 0 Å². The molecule has 0 atom stereocenters. The van der Waals surface area contributed by atoms with Crippen LogP contribution < -0.4 is 5.32 Å². The molecule has 1 aromatic heterocycles. The van der Waals surface area contributed by atoms with Crippen molar-refractivity contribution in [3.8, 4) is 0 Å². The van der Waals surface area contributed by atoms with Gasteiger partial charge in [0.2, 0.25) is 5.95 Å². The second kappa shape index (κ2) is 3.03. The van der Waals surface area contributed by atoms with Crippen molar-refractivity contribution >= 4 is 5.95 Å². The quantitative estimate of drug-likeness (QED) is 0.715. The lowest BCUT2D eigenvalue weighted by molar-refractivity contribution is 0.219. The van der Waals surface area contributed by atoms with Gasteiger partial charge in [0.05, 0.1) is 6.61 Å². The molecule has 1 aliphatic carbocycles. The van der Waals surface area contributed by atoms with Crippen molar-refractivity contribution in [3.05, 3.63) is 12.4 Å². The summed E-state index contributed by atoms with van der Waals surface area (Å²) < 4.78 is 1.94. The number of aromatic nitrogens is 2. The highest BCUT2D eigenvalue weighted by atomic mass is 16.3. The topological polar surface area (TPSA) is 50.1 Å². The van der Waals surface area contributed by atoms with E-state index in [-0.39, 0.29) is 12.0 Å². The Kier molecular flexibility index (Phi) is 2.00. The molecule has 4 nitrogen and oxygen atoms in total. The number of hydrogen-bond donors (Lipinski definition) is 2. The Morgan fingerprint density at radius 3 is 2.92 bits per heavy atom. The summed E-state index contributed by atoms with van der Waals surface area (Å²) in [6.07, 6.45) is 5.92. The zero-order valence-corrected chi connectivity index (χ0v) is 7.82. The Hall–Kier alpha value is -1.03. The van der Waals surface area contributed by atoms with Crippen LogP contribution in [-0.2, 0) is 7.05 Å². The van der Waals surface area contributed by atoms with Gasteiger partial charge >= 0.3 is 0 Å². The number of nitrogens with one attached hydrogen (secondary N) is 1. The molecule has 2 rings (SSSR count). The molecule has 13 heavy (non-hydrogen) atoms. The first-order chi connectivity index (χ1) is 6.26. The molecule has 0 aliphatic heterocycles. The maximum atomic E-state index is 9.09. The number of nitrogens with zero attached hydrogens (tertiary/aromatic N) is 2. The van der Waals surface area contributed by atoms with E-state index in [1.165, 1.54) is 0 Å². The van der Waals surface area contributed by atoms with Crippen LogP contribution in [0.5, 0.6) is 0 Å². The lowest BCUT2D eigenvalue weighted by Gasteiger charge is -2.12. The molecule has 0 spiro atoms. The number of hydrogen-bond acceptors (Lipinski definition) is 3. The van der Waals surface area contributed by atoms with Gasteiger partial charge in [0.25, 0.3) is 0 Å². The Balaban J connectivity index is 1.90. The molecule has 1 heterocycles. The summed E-state index contributed by atoms with van der Waals surface area (Å²) in [7, 11) is 1.95. The molecule has 0 amide bonds. The molecule has 1 aromatic rings. The molecule has 1 saturated carbocycles. The van der Waals surface area contributed by atoms with Crippen LogP contribution in [-0.4, -0.2) is 27.8 Å². The van der Waals surface area contributed by atoms with E-state index in [4.69, 9.17) is 5.11 Å². The molecule has 0 radical (unpaired) electrons. The predicted octanol–water partition coefficient (Wildman–Crippen LogP) is 0.604. The van der Waals surface area contributed by atoms with Crippen LogP contribution in [0.25, 0.3) is 0 Å². The van der Waals surface area contributed by atoms with Crippen molar-refractivity contribution in [2.45, 2.75) is 12.8 Å². The highest BCUT2D eigenvalue weighted by molar-refractivity contribution is 5.26. The second-order valence-electron chi connectivity index (χ2n) is 3.87. The van der Waals surface area contributed by atoms with Gasteiger partial charge in [0.15, 0.2) is 0 Å². The van der Waals surface area contributed by atoms with E-state index in [9.17, 15) is 0 Å². The third-order valence-corrected chi connectivity index (χ3v) is 2.74. The zero-order valence-electron chi connectivity index (χ0n) is 7.82. The largest absolute Gasteiger partial charge is 0.396 e. The van der Waals surface area contributed by atoms with Crippen molar-refractivity contribution in [2.75, 3.05) is 18.5 Å². The van der Waals surface area contributed by atoms with Crippen molar-refractivity contribution in [3.63, 3.8) is 0 Å². The first-order valence-electron chi connectivity index (χ1n) is 4.58. The summed E-state index contributed by atoms with van der Waals surface area (Å²) in [5.74, 6) is 0.875. The van der Waals surface area contributed by atoms with E-state index in [1.54, 1.807) is 6.20 Å². The van der Waals surface area contributed by atoms with E-state index >= 15 is 0 Å². The molecule has 1 fully saturated rings. The fourth-order valence-electron chi connectivity index (χ4n) is 1.37. The first kappa shape index (κ1) is 8.56. The minimum absolute atomic E-state index is 0.145. The van der Waals surface area contributed by atoms with Gasteiger partial charge in [-0.3, -0.25) is 0 Å². The smallest absolute Gasteiger partial charge is 0.202 e. The maximum Gasteiger partial charge on any atom is 0.202 e.